The van der Waals surface area contributed by atoms with Crippen LogP contribution in [0.3, 0.4) is 0 Å². The van der Waals surface area contributed by atoms with Gasteiger partial charge in [-0.15, -0.1) is 0 Å². The van der Waals surface area contributed by atoms with Gasteiger partial charge in [-0.1, -0.05) is 6.92 Å². The van der Waals surface area contributed by atoms with Crippen LogP contribution >= 0.6 is 0 Å². The summed E-state index contributed by atoms with van der Waals surface area (Å²) in [4.78, 5) is 25.0. The van der Waals surface area contributed by atoms with E-state index < -0.39 is 0 Å². The number of hydrogen-bond acceptors (Lipinski definition) is 5. The second-order valence-corrected chi connectivity index (χ2v) is 4.52. The number of hydrogen-bond donors (Lipinski definition) is 1. The largest absolute Gasteiger partial charge is 0.468 e. The van der Waals surface area contributed by atoms with Crippen LogP contribution in [0, 0.1) is 11.3 Å². The monoisotopic (exact) mass is 289 g/mol. The molecule has 0 saturated heterocycles. The van der Waals surface area contributed by atoms with Crippen molar-refractivity contribution in [2.45, 2.75) is 13.3 Å². The highest BCUT2D eigenvalue weighted by Gasteiger charge is 2.14. The molecule has 0 aliphatic carbocycles. The zero-order valence-electron chi connectivity index (χ0n) is 12.3. The maximum absolute atomic E-state index is 12.0. The summed E-state index contributed by atoms with van der Waals surface area (Å²) in [6.45, 7) is 2.81. The van der Waals surface area contributed by atoms with E-state index in [0.717, 1.165) is 6.42 Å². The molecule has 1 aromatic carbocycles. The number of carbonyl (C=O) groups excluding carboxylic acids is 2. The molecule has 0 aromatic heterocycles. The van der Waals surface area contributed by atoms with E-state index in [-0.39, 0.29) is 25.0 Å². The molecule has 1 aromatic rings. The lowest BCUT2D eigenvalue weighted by Gasteiger charge is -2.19. The van der Waals surface area contributed by atoms with Gasteiger partial charge in [0.25, 0.3) is 0 Å². The Hall–Kier alpha value is -2.39. The van der Waals surface area contributed by atoms with Crippen LogP contribution in [0.2, 0.25) is 0 Å². The van der Waals surface area contributed by atoms with E-state index in [1.165, 1.54) is 7.11 Å². The van der Waals surface area contributed by atoms with Crippen molar-refractivity contribution >= 4 is 17.6 Å². The molecule has 0 unspecified atom stereocenters. The van der Waals surface area contributed by atoms with Crippen LogP contribution in [-0.4, -0.2) is 43.5 Å². The van der Waals surface area contributed by atoms with E-state index in [9.17, 15) is 9.59 Å². The molecule has 21 heavy (non-hydrogen) atoms. The van der Waals surface area contributed by atoms with E-state index in [1.54, 1.807) is 29.2 Å². The first-order valence-corrected chi connectivity index (χ1v) is 6.68. The van der Waals surface area contributed by atoms with Gasteiger partial charge in [0.05, 0.1) is 31.8 Å². The fraction of sp³-hybridized carbons (Fsp3) is 0.400. The van der Waals surface area contributed by atoms with Crippen LogP contribution in [0.15, 0.2) is 24.3 Å². The maximum Gasteiger partial charge on any atom is 0.319 e. The van der Waals surface area contributed by atoms with Crippen molar-refractivity contribution in [1.82, 2.24) is 4.90 Å². The van der Waals surface area contributed by atoms with Crippen molar-refractivity contribution < 1.29 is 14.3 Å². The third-order valence-corrected chi connectivity index (χ3v) is 2.79. The maximum atomic E-state index is 12.0. The number of nitrogens with zero attached hydrogens (tertiary/aromatic N) is 2. The molecule has 6 heteroatoms. The minimum atomic E-state index is -0.366. The van der Waals surface area contributed by atoms with Gasteiger partial charge < -0.3 is 10.1 Å². The predicted molar refractivity (Wildman–Crippen MR) is 78.5 cm³/mol. The van der Waals surface area contributed by atoms with Crippen LogP contribution in [0.25, 0.3) is 0 Å². The van der Waals surface area contributed by atoms with Gasteiger partial charge in [-0.05, 0) is 37.2 Å². The number of esters is 1. The lowest BCUT2D eigenvalue weighted by molar-refractivity contribution is -0.142. The number of rotatable bonds is 7. The zero-order chi connectivity index (χ0) is 15.7. The van der Waals surface area contributed by atoms with E-state index >= 15 is 0 Å². The number of anilines is 1. The lowest BCUT2D eigenvalue weighted by Crippen LogP contribution is -2.37. The summed E-state index contributed by atoms with van der Waals surface area (Å²) in [6.07, 6.45) is 0.834. The SMILES string of the molecule is CCCN(CC(=O)Nc1ccc(C#N)cc1)CC(=O)OC. The molecule has 0 radical (unpaired) electrons. The summed E-state index contributed by atoms with van der Waals surface area (Å²) in [7, 11) is 1.32. The van der Waals surface area contributed by atoms with Crippen LogP contribution < -0.4 is 5.32 Å². The number of ether oxygens (including phenoxy) is 1. The Balaban J connectivity index is 2.56. The highest BCUT2D eigenvalue weighted by Crippen LogP contribution is 2.08. The number of amides is 1. The molecule has 0 aliphatic rings. The third-order valence-electron chi connectivity index (χ3n) is 2.79. The quantitative estimate of drug-likeness (QED) is 0.767. The van der Waals surface area contributed by atoms with E-state index in [2.05, 4.69) is 10.1 Å². The summed E-state index contributed by atoms with van der Waals surface area (Å²) in [5.74, 6) is -0.577. The van der Waals surface area contributed by atoms with Gasteiger partial charge >= 0.3 is 5.97 Å². The van der Waals surface area contributed by atoms with Crippen LogP contribution in [-0.2, 0) is 14.3 Å². The third kappa shape index (κ3) is 6.06. The summed E-state index contributed by atoms with van der Waals surface area (Å²) in [5.41, 5.74) is 1.15. The average Bonchev–Trinajstić information content (AvgIpc) is 2.48. The molecular formula is C15H19N3O3. The molecule has 0 saturated carbocycles. The summed E-state index contributed by atoms with van der Waals surface area (Å²) in [5, 5.41) is 11.4. The number of methoxy groups -OCH3 is 1. The van der Waals surface area contributed by atoms with E-state index in [4.69, 9.17) is 5.26 Å². The Kier molecular flexibility index (Phi) is 6.92. The van der Waals surface area contributed by atoms with E-state index in [0.29, 0.717) is 17.8 Å². The van der Waals surface area contributed by atoms with Crippen LogP contribution in [0.1, 0.15) is 18.9 Å². The van der Waals surface area contributed by atoms with Crippen molar-refractivity contribution in [2.24, 2.45) is 0 Å². The molecular weight excluding hydrogens is 270 g/mol. The highest BCUT2D eigenvalue weighted by molar-refractivity contribution is 5.92. The second-order valence-electron chi connectivity index (χ2n) is 4.52. The highest BCUT2D eigenvalue weighted by atomic mass is 16.5. The molecule has 1 amide bonds. The van der Waals surface area contributed by atoms with Crippen LogP contribution in [0.5, 0.6) is 0 Å². The fourth-order valence-electron chi connectivity index (χ4n) is 1.81. The molecule has 0 aliphatic heterocycles. The van der Waals surface area contributed by atoms with Crippen molar-refractivity contribution in [3.05, 3.63) is 29.8 Å². The Labute approximate surface area is 124 Å². The van der Waals surface area contributed by atoms with Gasteiger partial charge in [0.1, 0.15) is 0 Å². The molecule has 0 spiro atoms. The fourth-order valence-corrected chi connectivity index (χ4v) is 1.81. The van der Waals surface area contributed by atoms with Crippen molar-refractivity contribution in [1.29, 1.82) is 5.26 Å². The van der Waals surface area contributed by atoms with Gasteiger partial charge in [0.15, 0.2) is 0 Å². The summed E-state index contributed by atoms with van der Waals surface area (Å²) in [6, 6.07) is 8.61. The molecule has 0 atom stereocenters. The normalized spacial score (nSPS) is 10.0. The minimum absolute atomic E-state index is 0.0884. The zero-order valence-corrected chi connectivity index (χ0v) is 12.3. The summed E-state index contributed by atoms with van der Waals surface area (Å²) >= 11 is 0. The molecule has 112 valence electrons. The van der Waals surface area contributed by atoms with Gasteiger partial charge in [-0.25, -0.2) is 0 Å². The van der Waals surface area contributed by atoms with Gasteiger partial charge in [0.2, 0.25) is 5.91 Å². The van der Waals surface area contributed by atoms with Crippen LogP contribution in [0.4, 0.5) is 5.69 Å². The first kappa shape index (κ1) is 16.7. The van der Waals surface area contributed by atoms with Gasteiger partial charge in [-0.3, -0.25) is 14.5 Å². The Morgan fingerprint density at radius 2 is 1.95 bits per heavy atom. The number of carbonyl (C=O) groups is 2. The standard InChI is InChI=1S/C15H19N3O3/c1-3-8-18(11-15(20)21-2)10-14(19)17-13-6-4-12(9-16)5-7-13/h4-7H,3,8,10-11H2,1-2H3,(H,17,19). The molecule has 1 N–H and O–H groups in total. The van der Waals surface area contributed by atoms with Gasteiger partial charge in [0, 0.05) is 5.69 Å². The number of nitrogens with one attached hydrogen (secondary N) is 1. The Morgan fingerprint density at radius 3 is 2.48 bits per heavy atom. The number of benzene rings is 1. The Morgan fingerprint density at radius 1 is 1.29 bits per heavy atom. The predicted octanol–water partition coefficient (Wildman–Crippen LogP) is 1.38. The molecule has 0 heterocycles. The van der Waals surface area contributed by atoms with Crippen molar-refractivity contribution in [3.8, 4) is 6.07 Å². The van der Waals surface area contributed by atoms with Gasteiger partial charge in [-0.2, -0.15) is 5.26 Å². The molecule has 0 bridgehead atoms. The first-order chi connectivity index (χ1) is 10.1. The van der Waals surface area contributed by atoms with Crippen molar-refractivity contribution in [3.63, 3.8) is 0 Å². The van der Waals surface area contributed by atoms with Crippen molar-refractivity contribution in [2.75, 3.05) is 32.1 Å². The topological polar surface area (TPSA) is 82.4 Å². The van der Waals surface area contributed by atoms with E-state index in [1.807, 2.05) is 13.0 Å². The minimum Gasteiger partial charge on any atom is -0.468 e. The number of nitriles is 1. The molecule has 6 nitrogen and oxygen atoms in total. The average molecular weight is 289 g/mol. The second kappa shape index (κ2) is 8.72. The summed E-state index contributed by atoms with van der Waals surface area (Å²) < 4.78 is 4.61. The Bertz CT molecular complexity index is 520. The molecule has 0 fully saturated rings. The molecule has 1 rings (SSSR count). The first-order valence-electron chi connectivity index (χ1n) is 6.68. The lowest BCUT2D eigenvalue weighted by atomic mass is 10.2. The smallest absolute Gasteiger partial charge is 0.319 e.